The van der Waals surface area contributed by atoms with Gasteiger partial charge in [-0.1, -0.05) is 42.8 Å². The van der Waals surface area contributed by atoms with E-state index in [-0.39, 0.29) is 17.9 Å². The quantitative estimate of drug-likeness (QED) is 0.898. The summed E-state index contributed by atoms with van der Waals surface area (Å²) in [6.45, 7) is 4.66. The van der Waals surface area contributed by atoms with Crippen LogP contribution in [0.4, 0.5) is 0 Å². The fourth-order valence-corrected chi connectivity index (χ4v) is 2.68. The molecule has 23 heavy (non-hydrogen) atoms. The number of halogens is 1. The van der Waals surface area contributed by atoms with Gasteiger partial charge in [-0.15, -0.1) is 0 Å². The summed E-state index contributed by atoms with van der Waals surface area (Å²) in [5.41, 5.74) is 8.46. The summed E-state index contributed by atoms with van der Waals surface area (Å²) in [7, 11) is 1.84. The Balaban J connectivity index is 2.12. The molecule has 1 amide bonds. The van der Waals surface area contributed by atoms with Crippen LogP contribution in [0.3, 0.4) is 0 Å². The minimum absolute atomic E-state index is 0.0156. The third-order valence-electron chi connectivity index (χ3n) is 4.49. The van der Waals surface area contributed by atoms with Crippen LogP contribution in [0.2, 0.25) is 5.02 Å². The molecule has 2 N–H and O–H groups in total. The molecule has 2 rings (SSSR count). The summed E-state index contributed by atoms with van der Waals surface area (Å²) in [6, 6.07) is 15.3. The third-order valence-corrected chi connectivity index (χ3v) is 4.74. The molecule has 0 heterocycles. The van der Waals surface area contributed by atoms with Crippen molar-refractivity contribution in [1.29, 1.82) is 0 Å². The standard InChI is InChI=1S/C19H23ClN2O/c1-13(16-8-10-18(20)11-9-16)14(2)22(3)19(23)17-6-4-15(12-21)5-7-17/h4-11,13-14H,12,21H2,1-3H3. The highest BCUT2D eigenvalue weighted by atomic mass is 35.5. The maximum atomic E-state index is 12.6. The van der Waals surface area contributed by atoms with Crippen LogP contribution < -0.4 is 5.73 Å². The van der Waals surface area contributed by atoms with Gasteiger partial charge in [0.15, 0.2) is 0 Å². The van der Waals surface area contributed by atoms with Gasteiger partial charge >= 0.3 is 0 Å². The van der Waals surface area contributed by atoms with Crippen molar-refractivity contribution in [2.75, 3.05) is 7.05 Å². The number of carbonyl (C=O) groups is 1. The van der Waals surface area contributed by atoms with Crippen LogP contribution in [-0.4, -0.2) is 23.9 Å². The number of nitrogens with two attached hydrogens (primary N) is 1. The number of rotatable bonds is 5. The van der Waals surface area contributed by atoms with E-state index in [9.17, 15) is 4.79 Å². The minimum Gasteiger partial charge on any atom is -0.338 e. The number of benzene rings is 2. The van der Waals surface area contributed by atoms with Crippen molar-refractivity contribution in [1.82, 2.24) is 4.90 Å². The second-order valence-corrected chi connectivity index (χ2v) is 6.33. The topological polar surface area (TPSA) is 46.3 Å². The molecule has 0 spiro atoms. The lowest BCUT2D eigenvalue weighted by Gasteiger charge is -2.30. The average molecular weight is 331 g/mol. The highest BCUT2D eigenvalue weighted by Gasteiger charge is 2.23. The van der Waals surface area contributed by atoms with E-state index in [1.807, 2.05) is 55.6 Å². The Hall–Kier alpha value is -1.84. The summed E-state index contributed by atoms with van der Waals surface area (Å²) in [5, 5.41) is 0.720. The predicted octanol–water partition coefficient (Wildman–Crippen LogP) is 4.06. The first-order valence-corrected chi connectivity index (χ1v) is 8.13. The molecule has 3 nitrogen and oxygen atoms in total. The highest BCUT2D eigenvalue weighted by Crippen LogP contribution is 2.24. The van der Waals surface area contributed by atoms with Crippen molar-refractivity contribution in [2.45, 2.75) is 32.4 Å². The fourth-order valence-electron chi connectivity index (χ4n) is 2.55. The first-order valence-electron chi connectivity index (χ1n) is 7.75. The SMILES string of the molecule is CC(c1ccc(Cl)cc1)C(C)N(C)C(=O)c1ccc(CN)cc1. The average Bonchev–Trinajstić information content (AvgIpc) is 2.60. The van der Waals surface area contributed by atoms with Crippen LogP contribution in [0, 0.1) is 0 Å². The Morgan fingerprint density at radius 1 is 1.09 bits per heavy atom. The Kier molecular flexibility index (Phi) is 5.80. The summed E-state index contributed by atoms with van der Waals surface area (Å²) < 4.78 is 0. The molecular weight excluding hydrogens is 308 g/mol. The summed E-state index contributed by atoms with van der Waals surface area (Å²) in [6.07, 6.45) is 0. The Morgan fingerprint density at radius 2 is 1.65 bits per heavy atom. The summed E-state index contributed by atoms with van der Waals surface area (Å²) in [5.74, 6) is 0.228. The van der Waals surface area contributed by atoms with E-state index in [4.69, 9.17) is 17.3 Å². The van der Waals surface area contributed by atoms with Crippen LogP contribution in [0.25, 0.3) is 0 Å². The Labute approximate surface area is 143 Å². The molecule has 2 aromatic rings. The van der Waals surface area contributed by atoms with E-state index in [1.165, 1.54) is 5.56 Å². The van der Waals surface area contributed by atoms with Gasteiger partial charge in [0.2, 0.25) is 0 Å². The third kappa shape index (κ3) is 4.12. The Morgan fingerprint density at radius 3 is 2.17 bits per heavy atom. The molecule has 4 heteroatoms. The molecular formula is C19H23ClN2O. The van der Waals surface area contributed by atoms with Gasteiger partial charge in [-0.3, -0.25) is 4.79 Å². The van der Waals surface area contributed by atoms with Gasteiger partial charge in [-0.05, 0) is 42.3 Å². The first kappa shape index (κ1) is 17.5. The van der Waals surface area contributed by atoms with Crippen molar-refractivity contribution < 1.29 is 4.79 Å². The first-order chi connectivity index (χ1) is 10.9. The van der Waals surface area contributed by atoms with E-state index in [0.717, 1.165) is 10.6 Å². The van der Waals surface area contributed by atoms with E-state index in [2.05, 4.69) is 13.8 Å². The molecule has 0 fully saturated rings. The molecule has 0 aliphatic rings. The van der Waals surface area contributed by atoms with E-state index < -0.39 is 0 Å². The predicted molar refractivity (Wildman–Crippen MR) is 95.8 cm³/mol. The van der Waals surface area contributed by atoms with Crippen molar-refractivity contribution in [3.8, 4) is 0 Å². The lowest BCUT2D eigenvalue weighted by Crippen LogP contribution is -2.38. The number of amides is 1. The van der Waals surface area contributed by atoms with Crippen LogP contribution in [-0.2, 0) is 6.54 Å². The molecule has 0 bridgehead atoms. The highest BCUT2D eigenvalue weighted by molar-refractivity contribution is 6.30. The maximum absolute atomic E-state index is 12.6. The maximum Gasteiger partial charge on any atom is 0.253 e. The smallest absolute Gasteiger partial charge is 0.253 e. The van der Waals surface area contributed by atoms with Crippen LogP contribution in [0.15, 0.2) is 48.5 Å². The molecule has 2 aromatic carbocycles. The minimum atomic E-state index is 0.0156. The lowest BCUT2D eigenvalue weighted by molar-refractivity contribution is 0.0726. The molecule has 0 aliphatic carbocycles. The number of carbonyl (C=O) groups excluding carboxylic acids is 1. The largest absolute Gasteiger partial charge is 0.338 e. The lowest BCUT2D eigenvalue weighted by atomic mass is 9.93. The normalized spacial score (nSPS) is 13.4. The molecule has 0 radical (unpaired) electrons. The monoisotopic (exact) mass is 330 g/mol. The van der Waals surface area contributed by atoms with Crippen molar-refractivity contribution in [3.05, 3.63) is 70.2 Å². The molecule has 2 atom stereocenters. The zero-order valence-corrected chi connectivity index (χ0v) is 14.5. The van der Waals surface area contributed by atoms with Gasteiger partial charge in [-0.25, -0.2) is 0 Å². The van der Waals surface area contributed by atoms with Crippen molar-refractivity contribution in [2.24, 2.45) is 5.73 Å². The number of likely N-dealkylation sites (N-methyl/N-ethyl adjacent to an activating group) is 1. The summed E-state index contributed by atoms with van der Waals surface area (Å²) >= 11 is 5.94. The van der Waals surface area contributed by atoms with Crippen LogP contribution in [0.1, 0.15) is 41.3 Å². The van der Waals surface area contributed by atoms with Gasteiger partial charge in [0.05, 0.1) is 0 Å². The molecule has 0 saturated carbocycles. The fraction of sp³-hybridized carbons (Fsp3) is 0.316. The van der Waals surface area contributed by atoms with Gasteiger partial charge in [-0.2, -0.15) is 0 Å². The zero-order valence-electron chi connectivity index (χ0n) is 13.8. The van der Waals surface area contributed by atoms with Gasteiger partial charge in [0, 0.05) is 36.1 Å². The van der Waals surface area contributed by atoms with Crippen molar-refractivity contribution in [3.63, 3.8) is 0 Å². The second kappa shape index (κ2) is 7.62. The zero-order chi connectivity index (χ0) is 17.0. The number of hydrogen-bond acceptors (Lipinski definition) is 2. The van der Waals surface area contributed by atoms with Crippen LogP contribution in [0.5, 0.6) is 0 Å². The summed E-state index contributed by atoms with van der Waals surface area (Å²) in [4.78, 5) is 14.4. The molecule has 0 saturated heterocycles. The molecule has 0 aliphatic heterocycles. The van der Waals surface area contributed by atoms with Gasteiger partial charge < -0.3 is 10.6 Å². The van der Waals surface area contributed by atoms with Gasteiger partial charge in [0.25, 0.3) is 5.91 Å². The van der Waals surface area contributed by atoms with E-state index in [1.54, 1.807) is 4.90 Å². The van der Waals surface area contributed by atoms with Gasteiger partial charge in [0.1, 0.15) is 0 Å². The molecule has 122 valence electrons. The second-order valence-electron chi connectivity index (χ2n) is 5.90. The van der Waals surface area contributed by atoms with E-state index >= 15 is 0 Å². The molecule has 0 aromatic heterocycles. The number of hydrogen-bond donors (Lipinski definition) is 1. The Bertz CT molecular complexity index is 652. The van der Waals surface area contributed by atoms with Crippen molar-refractivity contribution >= 4 is 17.5 Å². The van der Waals surface area contributed by atoms with E-state index in [0.29, 0.717) is 12.1 Å². The van der Waals surface area contributed by atoms with Crippen LogP contribution >= 0.6 is 11.6 Å². The number of nitrogens with zero attached hydrogens (tertiary/aromatic N) is 1. The molecule has 2 unspecified atom stereocenters.